The van der Waals surface area contributed by atoms with E-state index in [0.29, 0.717) is 0 Å². The Morgan fingerprint density at radius 2 is 1.37 bits per heavy atom. The Kier molecular flexibility index (Phi) is 4.87. The Balaban J connectivity index is 2.15. The number of hydrogen-bond acceptors (Lipinski definition) is 6. The fourth-order valence-corrected chi connectivity index (χ4v) is 2.07. The van der Waals surface area contributed by atoms with Crippen LogP contribution in [0, 0.1) is 0 Å². The summed E-state index contributed by atoms with van der Waals surface area (Å²) in [6, 6.07) is 9.06. The van der Waals surface area contributed by atoms with Gasteiger partial charge in [0.25, 0.3) is 0 Å². The average molecular weight is 270 g/mol. The van der Waals surface area contributed by atoms with Gasteiger partial charge in [0.2, 0.25) is 0 Å². The molecular weight excluding hydrogens is 252 g/mol. The van der Waals surface area contributed by atoms with E-state index in [4.69, 9.17) is 19.7 Å². The van der Waals surface area contributed by atoms with Gasteiger partial charge in [0.05, 0.1) is 13.2 Å². The molecule has 0 saturated carbocycles. The van der Waals surface area contributed by atoms with Gasteiger partial charge in [-0.3, -0.25) is 0 Å². The molecule has 1 saturated heterocycles. The van der Waals surface area contributed by atoms with Crippen molar-refractivity contribution in [2.45, 2.75) is 30.7 Å². The molecule has 0 bridgehead atoms. The third-order valence-electron chi connectivity index (χ3n) is 3.09. The van der Waals surface area contributed by atoms with Crippen molar-refractivity contribution < 1.29 is 29.9 Å². The zero-order valence-electron chi connectivity index (χ0n) is 10.3. The summed E-state index contributed by atoms with van der Waals surface area (Å²) >= 11 is 0. The van der Waals surface area contributed by atoms with E-state index in [2.05, 4.69) is 0 Å². The highest BCUT2D eigenvalue weighted by atomic mass is 16.7. The Morgan fingerprint density at radius 3 is 1.79 bits per heavy atom. The van der Waals surface area contributed by atoms with Crippen molar-refractivity contribution in [3.05, 3.63) is 35.9 Å². The Morgan fingerprint density at radius 1 is 0.895 bits per heavy atom. The van der Waals surface area contributed by atoms with Gasteiger partial charge in [0.15, 0.2) is 6.29 Å². The van der Waals surface area contributed by atoms with Gasteiger partial charge in [-0.1, -0.05) is 30.3 Å². The van der Waals surface area contributed by atoms with Crippen LogP contribution < -0.4 is 0 Å². The topological polar surface area (TPSA) is 99.4 Å². The highest BCUT2D eigenvalue weighted by Crippen LogP contribution is 2.34. The maximum absolute atomic E-state index is 9.69. The summed E-state index contributed by atoms with van der Waals surface area (Å²) in [6.45, 7) is -1.02. The number of hydrogen-bond donors (Lipinski definition) is 4. The van der Waals surface area contributed by atoms with Gasteiger partial charge in [0.1, 0.15) is 24.4 Å². The zero-order chi connectivity index (χ0) is 13.8. The van der Waals surface area contributed by atoms with Crippen LogP contribution in [0.4, 0.5) is 0 Å². The molecule has 4 N–H and O–H groups in total. The van der Waals surface area contributed by atoms with Crippen LogP contribution in [0.1, 0.15) is 11.9 Å². The van der Waals surface area contributed by atoms with E-state index in [0.717, 1.165) is 5.56 Å². The van der Waals surface area contributed by atoms with Gasteiger partial charge in [-0.15, -0.1) is 0 Å². The maximum atomic E-state index is 9.69. The zero-order valence-corrected chi connectivity index (χ0v) is 10.3. The van der Waals surface area contributed by atoms with Gasteiger partial charge in [-0.05, 0) is 0 Å². The minimum Gasteiger partial charge on any atom is -0.394 e. The summed E-state index contributed by atoms with van der Waals surface area (Å²) in [5, 5.41) is 37.4. The van der Waals surface area contributed by atoms with E-state index < -0.39 is 43.9 Å². The van der Waals surface area contributed by atoms with Crippen LogP contribution >= 0.6 is 0 Å². The lowest BCUT2D eigenvalue weighted by atomic mass is 10.0. The predicted octanol–water partition coefficient (Wildman–Crippen LogP) is -0.824. The predicted molar refractivity (Wildman–Crippen MR) is 65.1 cm³/mol. The molecule has 106 valence electrons. The highest BCUT2D eigenvalue weighted by molar-refractivity contribution is 5.17. The van der Waals surface area contributed by atoms with E-state index >= 15 is 0 Å². The lowest BCUT2D eigenvalue weighted by Crippen LogP contribution is -2.45. The lowest BCUT2D eigenvalue weighted by Gasteiger charge is -2.23. The van der Waals surface area contributed by atoms with Crippen LogP contribution in [0.2, 0.25) is 0 Å². The molecule has 1 aliphatic rings. The first-order chi connectivity index (χ1) is 9.17. The minimum absolute atomic E-state index is 0.510. The SMILES string of the molecule is OC[C@@H](O)[C@@H]1OC(c2ccccc2)O[C@H]1[C@H](O)CO. The monoisotopic (exact) mass is 270 g/mol. The molecular formula is C13H18O6. The summed E-state index contributed by atoms with van der Waals surface area (Å²) in [5.74, 6) is 0. The fourth-order valence-electron chi connectivity index (χ4n) is 2.07. The van der Waals surface area contributed by atoms with E-state index in [1.165, 1.54) is 0 Å². The van der Waals surface area contributed by atoms with Crippen molar-refractivity contribution >= 4 is 0 Å². The molecule has 6 nitrogen and oxygen atoms in total. The molecule has 0 amide bonds. The molecule has 0 aliphatic carbocycles. The number of aliphatic hydroxyl groups is 4. The summed E-state index contributed by atoms with van der Waals surface area (Å²) in [7, 11) is 0. The van der Waals surface area contributed by atoms with Crippen molar-refractivity contribution in [1.82, 2.24) is 0 Å². The first kappa shape index (κ1) is 14.4. The molecule has 4 atom stereocenters. The molecule has 1 aliphatic heterocycles. The molecule has 1 aromatic carbocycles. The van der Waals surface area contributed by atoms with E-state index in [1.807, 2.05) is 18.2 Å². The van der Waals surface area contributed by atoms with Gasteiger partial charge < -0.3 is 29.9 Å². The summed E-state index contributed by atoms with van der Waals surface area (Å²) in [4.78, 5) is 0. The van der Waals surface area contributed by atoms with Crippen molar-refractivity contribution in [3.63, 3.8) is 0 Å². The van der Waals surface area contributed by atoms with Gasteiger partial charge >= 0.3 is 0 Å². The van der Waals surface area contributed by atoms with Gasteiger partial charge in [-0.2, -0.15) is 0 Å². The van der Waals surface area contributed by atoms with Crippen LogP contribution in [0.15, 0.2) is 30.3 Å². The second-order valence-corrected chi connectivity index (χ2v) is 4.44. The van der Waals surface area contributed by atoms with E-state index in [1.54, 1.807) is 12.1 Å². The summed E-state index contributed by atoms with van der Waals surface area (Å²) in [6.07, 6.45) is -4.88. The summed E-state index contributed by atoms with van der Waals surface area (Å²) < 4.78 is 11.1. The molecule has 0 radical (unpaired) electrons. The maximum Gasteiger partial charge on any atom is 0.184 e. The quantitative estimate of drug-likeness (QED) is 0.558. The summed E-state index contributed by atoms with van der Waals surface area (Å²) in [5.41, 5.74) is 0.741. The minimum atomic E-state index is -1.18. The molecule has 0 aromatic heterocycles. The third kappa shape index (κ3) is 3.11. The first-order valence-electron chi connectivity index (χ1n) is 6.11. The highest BCUT2D eigenvalue weighted by Gasteiger charge is 2.44. The van der Waals surface area contributed by atoms with E-state index in [-0.39, 0.29) is 0 Å². The van der Waals surface area contributed by atoms with Gasteiger partial charge in [-0.25, -0.2) is 0 Å². The number of ether oxygens (including phenoxy) is 2. The second kappa shape index (κ2) is 6.42. The standard InChI is InChI=1S/C13H18O6/c14-6-9(16)11-12(10(17)7-15)19-13(18-11)8-4-2-1-3-5-8/h1-5,9-17H,6-7H2/t9-,10-,11+,12+/m1/s1. The smallest absolute Gasteiger partial charge is 0.184 e. The van der Waals surface area contributed by atoms with Crippen LogP contribution in [0.3, 0.4) is 0 Å². The van der Waals surface area contributed by atoms with Crippen LogP contribution in [0.5, 0.6) is 0 Å². The molecule has 1 fully saturated rings. The van der Waals surface area contributed by atoms with Crippen molar-refractivity contribution in [3.8, 4) is 0 Å². The molecule has 0 unspecified atom stereocenters. The molecule has 1 aromatic rings. The Bertz CT molecular complexity index is 366. The van der Waals surface area contributed by atoms with E-state index in [9.17, 15) is 10.2 Å². The number of benzene rings is 1. The Labute approximate surface area is 110 Å². The number of rotatable bonds is 5. The molecule has 6 heteroatoms. The molecule has 2 rings (SSSR count). The van der Waals surface area contributed by atoms with Crippen LogP contribution in [-0.4, -0.2) is 58.1 Å². The van der Waals surface area contributed by atoms with Crippen molar-refractivity contribution in [2.24, 2.45) is 0 Å². The average Bonchev–Trinajstić information content (AvgIpc) is 2.91. The van der Waals surface area contributed by atoms with Crippen LogP contribution in [0.25, 0.3) is 0 Å². The number of aliphatic hydroxyl groups excluding tert-OH is 4. The van der Waals surface area contributed by atoms with Crippen LogP contribution in [-0.2, 0) is 9.47 Å². The Hall–Kier alpha value is -1.02. The first-order valence-corrected chi connectivity index (χ1v) is 6.11. The van der Waals surface area contributed by atoms with Gasteiger partial charge in [0, 0.05) is 5.56 Å². The largest absolute Gasteiger partial charge is 0.394 e. The lowest BCUT2D eigenvalue weighted by molar-refractivity contribution is -0.0957. The fraction of sp³-hybridized carbons (Fsp3) is 0.538. The van der Waals surface area contributed by atoms with Crippen molar-refractivity contribution in [2.75, 3.05) is 13.2 Å². The molecule has 19 heavy (non-hydrogen) atoms. The van der Waals surface area contributed by atoms with Crippen molar-refractivity contribution in [1.29, 1.82) is 0 Å². The second-order valence-electron chi connectivity index (χ2n) is 4.44. The molecule has 1 heterocycles. The normalized spacial score (nSPS) is 27.4. The third-order valence-corrected chi connectivity index (χ3v) is 3.09. The molecule has 0 spiro atoms.